The van der Waals surface area contributed by atoms with Crippen molar-refractivity contribution in [1.29, 1.82) is 0 Å². The number of nitrogens with one attached hydrogen (secondary N) is 3. The van der Waals surface area contributed by atoms with Crippen LogP contribution < -0.4 is 16.0 Å². The highest BCUT2D eigenvalue weighted by Crippen LogP contribution is 2.14. The van der Waals surface area contributed by atoms with Crippen molar-refractivity contribution in [3.05, 3.63) is 0 Å². The first-order valence-electron chi connectivity index (χ1n) is 7.67. The highest BCUT2D eigenvalue weighted by Gasteiger charge is 2.18. The maximum atomic E-state index is 11.9. The number of rotatable bonds is 3. The molecule has 0 radical (unpaired) electrons. The van der Waals surface area contributed by atoms with Crippen LogP contribution in [0.15, 0.2) is 0 Å². The number of piperidine rings is 1. The van der Waals surface area contributed by atoms with Gasteiger partial charge in [-0.3, -0.25) is 0 Å². The molecular weight excluding hydrogens is 240 g/mol. The van der Waals surface area contributed by atoms with Gasteiger partial charge in [-0.05, 0) is 58.3 Å². The summed E-state index contributed by atoms with van der Waals surface area (Å²) in [6, 6.07) is 0.299. The number of hydrogen-bond acceptors (Lipinski definition) is 3. The molecule has 2 saturated heterocycles. The van der Waals surface area contributed by atoms with Crippen LogP contribution in [0.25, 0.3) is 0 Å². The second-order valence-electron chi connectivity index (χ2n) is 6.00. The van der Waals surface area contributed by atoms with E-state index in [4.69, 9.17) is 0 Å². The average molecular weight is 268 g/mol. The van der Waals surface area contributed by atoms with Crippen molar-refractivity contribution in [1.82, 2.24) is 20.9 Å². The Kier molecular flexibility index (Phi) is 5.92. The van der Waals surface area contributed by atoms with Gasteiger partial charge in [0.1, 0.15) is 0 Å². The lowest BCUT2D eigenvalue weighted by Gasteiger charge is -2.29. The Morgan fingerprint density at radius 2 is 2.05 bits per heavy atom. The van der Waals surface area contributed by atoms with Gasteiger partial charge in [0.05, 0.1) is 0 Å². The molecule has 0 bridgehead atoms. The molecule has 2 rings (SSSR count). The van der Waals surface area contributed by atoms with Crippen molar-refractivity contribution in [2.24, 2.45) is 5.92 Å². The van der Waals surface area contributed by atoms with Gasteiger partial charge in [0.15, 0.2) is 0 Å². The summed E-state index contributed by atoms with van der Waals surface area (Å²) in [6.45, 7) is 5.11. The van der Waals surface area contributed by atoms with Crippen LogP contribution in [-0.2, 0) is 0 Å². The van der Waals surface area contributed by atoms with Gasteiger partial charge in [-0.2, -0.15) is 0 Å². The monoisotopic (exact) mass is 268 g/mol. The molecule has 0 aromatic carbocycles. The lowest BCUT2D eigenvalue weighted by Crippen LogP contribution is -2.47. The molecule has 0 aromatic heterocycles. The van der Waals surface area contributed by atoms with E-state index in [1.165, 1.54) is 25.7 Å². The molecule has 0 spiro atoms. The van der Waals surface area contributed by atoms with Crippen molar-refractivity contribution >= 4 is 6.03 Å². The van der Waals surface area contributed by atoms with Gasteiger partial charge in [-0.25, -0.2) is 4.79 Å². The summed E-state index contributed by atoms with van der Waals surface area (Å²) in [5.41, 5.74) is 0. The van der Waals surface area contributed by atoms with Crippen LogP contribution in [0.1, 0.15) is 32.1 Å². The minimum Gasteiger partial charge on any atom is -0.338 e. The van der Waals surface area contributed by atoms with Crippen molar-refractivity contribution in [2.75, 3.05) is 39.8 Å². The fourth-order valence-electron chi connectivity index (χ4n) is 2.88. The second kappa shape index (κ2) is 7.70. The first kappa shape index (κ1) is 14.6. The first-order chi connectivity index (χ1) is 9.24. The van der Waals surface area contributed by atoms with Crippen LogP contribution in [0.5, 0.6) is 0 Å². The third-order valence-electron chi connectivity index (χ3n) is 4.27. The van der Waals surface area contributed by atoms with Gasteiger partial charge in [0.2, 0.25) is 0 Å². The molecular formula is C14H28N4O. The zero-order valence-corrected chi connectivity index (χ0v) is 12.1. The summed E-state index contributed by atoms with van der Waals surface area (Å²) in [5.74, 6) is 0.647. The largest absolute Gasteiger partial charge is 0.338 e. The number of likely N-dealkylation sites (tertiary alicyclic amines) is 1. The Hall–Kier alpha value is -0.810. The smallest absolute Gasteiger partial charge is 0.315 e. The lowest BCUT2D eigenvalue weighted by molar-refractivity contribution is 0.208. The number of hydrogen-bond donors (Lipinski definition) is 3. The SMILES string of the molecule is CN1CCC(CNC(=O)NC2CCCCNC2)CC1. The van der Waals surface area contributed by atoms with Crippen LogP contribution in [0, 0.1) is 5.92 Å². The highest BCUT2D eigenvalue weighted by atomic mass is 16.2. The fourth-order valence-corrected chi connectivity index (χ4v) is 2.88. The van der Waals surface area contributed by atoms with E-state index >= 15 is 0 Å². The molecule has 2 aliphatic rings. The van der Waals surface area contributed by atoms with Gasteiger partial charge in [-0.1, -0.05) is 6.42 Å². The minimum absolute atomic E-state index is 0.00706. The van der Waals surface area contributed by atoms with E-state index in [2.05, 4.69) is 27.9 Å². The normalized spacial score (nSPS) is 26.7. The summed E-state index contributed by atoms with van der Waals surface area (Å²) in [5, 5.41) is 9.49. The Morgan fingerprint density at radius 1 is 1.26 bits per heavy atom. The number of carbonyl (C=O) groups excluding carboxylic acids is 1. The summed E-state index contributed by atoms with van der Waals surface area (Å²) in [4.78, 5) is 14.2. The Morgan fingerprint density at radius 3 is 2.84 bits per heavy atom. The third-order valence-corrected chi connectivity index (χ3v) is 4.27. The number of amides is 2. The summed E-state index contributed by atoms with van der Waals surface area (Å²) >= 11 is 0. The van der Waals surface area contributed by atoms with Crippen molar-refractivity contribution < 1.29 is 4.79 Å². The minimum atomic E-state index is 0.00706. The van der Waals surface area contributed by atoms with Crippen molar-refractivity contribution in [3.63, 3.8) is 0 Å². The van der Waals surface area contributed by atoms with E-state index in [0.29, 0.717) is 12.0 Å². The van der Waals surface area contributed by atoms with E-state index < -0.39 is 0 Å². The van der Waals surface area contributed by atoms with E-state index in [9.17, 15) is 4.79 Å². The fraction of sp³-hybridized carbons (Fsp3) is 0.929. The van der Waals surface area contributed by atoms with E-state index in [1.807, 2.05) is 0 Å². The summed E-state index contributed by atoms with van der Waals surface area (Å²) in [7, 11) is 2.16. The van der Waals surface area contributed by atoms with Crippen LogP contribution in [0.2, 0.25) is 0 Å². The molecule has 0 aromatic rings. The van der Waals surface area contributed by atoms with Gasteiger partial charge in [0.25, 0.3) is 0 Å². The van der Waals surface area contributed by atoms with Gasteiger partial charge in [0, 0.05) is 19.1 Å². The van der Waals surface area contributed by atoms with Gasteiger partial charge in [-0.15, -0.1) is 0 Å². The highest BCUT2D eigenvalue weighted by molar-refractivity contribution is 5.74. The zero-order chi connectivity index (χ0) is 13.5. The average Bonchev–Trinajstić information content (AvgIpc) is 2.67. The molecule has 2 fully saturated rings. The molecule has 3 N–H and O–H groups in total. The Bertz CT molecular complexity index is 269. The van der Waals surface area contributed by atoms with E-state index in [1.54, 1.807) is 0 Å². The topological polar surface area (TPSA) is 56.4 Å². The maximum Gasteiger partial charge on any atom is 0.315 e. The molecule has 19 heavy (non-hydrogen) atoms. The predicted octanol–water partition coefficient (Wildman–Crippen LogP) is 0.770. The van der Waals surface area contributed by atoms with Crippen LogP contribution in [-0.4, -0.2) is 56.7 Å². The lowest BCUT2D eigenvalue weighted by atomic mass is 9.97. The van der Waals surface area contributed by atoms with Crippen LogP contribution >= 0.6 is 0 Å². The molecule has 5 heteroatoms. The molecule has 5 nitrogen and oxygen atoms in total. The molecule has 2 amide bonds. The van der Waals surface area contributed by atoms with Crippen molar-refractivity contribution in [2.45, 2.75) is 38.1 Å². The number of nitrogens with zero attached hydrogens (tertiary/aromatic N) is 1. The van der Waals surface area contributed by atoms with Crippen LogP contribution in [0.4, 0.5) is 4.79 Å². The number of carbonyl (C=O) groups is 1. The Labute approximate surface area is 116 Å². The van der Waals surface area contributed by atoms with Crippen molar-refractivity contribution in [3.8, 4) is 0 Å². The standard InChI is InChI=1S/C14H28N4O/c1-18-8-5-12(6-9-18)10-16-14(19)17-13-4-2-3-7-15-11-13/h12-13,15H,2-11H2,1H3,(H2,16,17,19). The molecule has 2 aliphatic heterocycles. The molecule has 110 valence electrons. The van der Waals surface area contributed by atoms with Gasteiger partial charge >= 0.3 is 6.03 Å². The van der Waals surface area contributed by atoms with Crippen LogP contribution in [0.3, 0.4) is 0 Å². The summed E-state index contributed by atoms with van der Waals surface area (Å²) < 4.78 is 0. The van der Waals surface area contributed by atoms with E-state index in [0.717, 1.165) is 39.1 Å². The molecule has 2 heterocycles. The first-order valence-corrected chi connectivity index (χ1v) is 7.67. The van der Waals surface area contributed by atoms with E-state index in [-0.39, 0.29) is 6.03 Å². The quantitative estimate of drug-likeness (QED) is 0.708. The Balaban J connectivity index is 1.61. The number of urea groups is 1. The zero-order valence-electron chi connectivity index (χ0n) is 12.1. The molecule has 0 saturated carbocycles. The third kappa shape index (κ3) is 5.37. The molecule has 1 atom stereocenters. The summed E-state index contributed by atoms with van der Waals surface area (Å²) in [6.07, 6.45) is 5.90. The van der Waals surface area contributed by atoms with Gasteiger partial charge < -0.3 is 20.9 Å². The maximum absolute atomic E-state index is 11.9. The second-order valence-corrected chi connectivity index (χ2v) is 6.00. The molecule has 1 unspecified atom stereocenters. The predicted molar refractivity (Wildman–Crippen MR) is 77.3 cm³/mol. The molecule has 0 aliphatic carbocycles.